The van der Waals surface area contributed by atoms with Gasteiger partial charge in [-0.3, -0.25) is 4.79 Å². The molecule has 1 N–H and O–H groups in total. The molecular formula is C23H24N4O. The van der Waals surface area contributed by atoms with Gasteiger partial charge in [0, 0.05) is 37.9 Å². The Morgan fingerprint density at radius 3 is 2.25 bits per heavy atom. The summed E-state index contributed by atoms with van der Waals surface area (Å²) in [7, 11) is 0. The molecule has 0 saturated carbocycles. The van der Waals surface area contributed by atoms with Gasteiger partial charge in [0.25, 0.3) is 5.56 Å². The number of hydrogen-bond acceptors (Lipinski definition) is 4. The zero-order valence-corrected chi connectivity index (χ0v) is 15.8. The van der Waals surface area contributed by atoms with Crippen LogP contribution in [0.3, 0.4) is 0 Å². The van der Waals surface area contributed by atoms with Gasteiger partial charge in [-0.15, -0.1) is 0 Å². The smallest absolute Gasteiger partial charge is 0.264 e. The minimum Gasteiger partial charge on any atom is -0.368 e. The second-order valence-corrected chi connectivity index (χ2v) is 6.94. The average Bonchev–Trinajstić information content (AvgIpc) is 2.76. The molecule has 1 saturated heterocycles. The highest BCUT2D eigenvalue weighted by atomic mass is 16.1. The predicted molar refractivity (Wildman–Crippen MR) is 115 cm³/mol. The normalized spacial score (nSPS) is 14.6. The van der Waals surface area contributed by atoms with E-state index < -0.39 is 0 Å². The van der Waals surface area contributed by atoms with Gasteiger partial charge in [-0.2, -0.15) is 5.10 Å². The number of anilines is 2. The van der Waals surface area contributed by atoms with Gasteiger partial charge in [0.05, 0.1) is 0 Å². The van der Waals surface area contributed by atoms with Crippen molar-refractivity contribution in [2.45, 2.75) is 6.42 Å². The van der Waals surface area contributed by atoms with Gasteiger partial charge in [-0.05, 0) is 35.7 Å². The molecule has 2 aromatic carbocycles. The Morgan fingerprint density at radius 1 is 0.857 bits per heavy atom. The van der Waals surface area contributed by atoms with Crippen molar-refractivity contribution in [1.82, 2.24) is 10.2 Å². The highest BCUT2D eigenvalue weighted by Gasteiger charge is 2.18. The van der Waals surface area contributed by atoms with Crippen molar-refractivity contribution in [2.75, 3.05) is 36.0 Å². The number of H-pyrrole nitrogens is 1. The first kappa shape index (κ1) is 18.0. The summed E-state index contributed by atoms with van der Waals surface area (Å²) in [5.74, 6) is 0.833. The zero-order valence-electron chi connectivity index (χ0n) is 15.8. The molecule has 2 heterocycles. The van der Waals surface area contributed by atoms with E-state index in [9.17, 15) is 4.79 Å². The van der Waals surface area contributed by atoms with Crippen LogP contribution < -0.4 is 15.4 Å². The number of nitrogens with one attached hydrogen (secondary N) is 1. The Morgan fingerprint density at radius 2 is 1.57 bits per heavy atom. The number of rotatable bonds is 5. The molecule has 0 atom stereocenters. The van der Waals surface area contributed by atoms with E-state index in [4.69, 9.17) is 0 Å². The van der Waals surface area contributed by atoms with Gasteiger partial charge in [0.1, 0.15) is 5.82 Å². The summed E-state index contributed by atoms with van der Waals surface area (Å²) in [5.41, 5.74) is 3.63. The largest absolute Gasteiger partial charge is 0.368 e. The number of allylic oxidation sites excluding steroid dienone is 1. The summed E-state index contributed by atoms with van der Waals surface area (Å²) in [5, 5.41) is 6.63. The summed E-state index contributed by atoms with van der Waals surface area (Å²) in [6, 6.07) is 22.5. The Kier molecular flexibility index (Phi) is 5.52. The summed E-state index contributed by atoms with van der Waals surface area (Å²) in [6.07, 6.45) is 5.30. The standard InChI is InChI=1S/C23H24N4O/c28-23-14-13-22(24-25-23)27-17-15-26(16-18-27)21-11-9-20(10-12-21)8-4-7-19-5-2-1-3-6-19/h1-7,9-14H,8,15-18H2,(H,25,28)/b7-4+. The molecule has 0 unspecified atom stereocenters. The highest BCUT2D eigenvalue weighted by molar-refractivity contribution is 5.52. The number of piperazine rings is 1. The summed E-state index contributed by atoms with van der Waals surface area (Å²) in [4.78, 5) is 15.8. The molecule has 0 spiro atoms. The minimum absolute atomic E-state index is 0.166. The Balaban J connectivity index is 1.31. The lowest BCUT2D eigenvalue weighted by molar-refractivity contribution is 0.643. The van der Waals surface area contributed by atoms with E-state index in [2.05, 4.69) is 80.7 Å². The number of benzene rings is 2. The first-order valence-corrected chi connectivity index (χ1v) is 9.64. The van der Waals surface area contributed by atoms with Crippen LogP contribution in [0.5, 0.6) is 0 Å². The molecule has 5 heteroatoms. The van der Waals surface area contributed by atoms with E-state index in [1.807, 2.05) is 6.07 Å². The molecule has 142 valence electrons. The van der Waals surface area contributed by atoms with E-state index in [1.165, 1.54) is 22.9 Å². The van der Waals surface area contributed by atoms with Crippen LogP contribution in [0, 0.1) is 0 Å². The fourth-order valence-corrected chi connectivity index (χ4v) is 3.45. The molecule has 28 heavy (non-hydrogen) atoms. The maximum Gasteiger partial charge on any atom is 0.264 e. The summed E-state index contributed by atoms with van der Waals surface area (Å²) < 4.78 is 0. The minimum atomic E-state index is -0.166. The third kappa shape index (κ3) is 4.49. The number of hydrogen-bond donors (Lipinski definition) is 1. The average molecular weight is 372 g/mol. The van der Waals surface area contributed by atoms with Gasteiger partial charge in [-0.1, -0.05) is 54.6 Å². The Bertz CT molecular complexity index is 951. The van der Waals surface area contributed by atoms with Crippen molar-refractivity contribution < 1.29 is 0 Å². The molecule has 0 radical (unpaired) electrons. The van der Waals surface area contributed by atoms with E-state index in [0.29, 0.717) is 0 Å². The molecule has 0 aliphatic carbocycles. The van der Waals surface area contributed by atoms with Crippen LogP contribution in [0.1, 0.15) is 11.1 Å². The van der Waals surface area contributed by atoms with Gasteiger partial charge in [0.15, 0.2) is 0 Å². The second kappa shape index (κ2) is 8.57. The van der Waals surface area contributed by atoms with Crippen LogP contribution in [0.4, 0.5) is 11.5 Å². The first-order chi connectivity index (χ1) is 13.8. The van der Waals surface area contributed by atoms with Crippen molar-refractivity contribution in [3.8, 4) is 0 Å². The van der Waals surface area contributed by atoms with E-state index in [0.717, 1.165) is 38.4 Å². The lowest BCUT2D eigenvalue weighted by atomic mass is 10.1. The van der Waals surface area contributed by atoms with E-state index in [-0.39, 0.29) is 5.56 Å². The highest BCUT2D eigenvalue weighted by Crippen LogP contribution is 2.19. The first-order valence-electron chi connectivity index (χ1n) is 9.64. The monoisotopic (exact) mass is 372 g/mol. The maximum absolute atomic E-state index is 11.2. The zero-order chi connectivity index (χ0) is 19.2. The topological polar surface area (TPSA) is 52.2 Å². The predicted octanol–water partition coefficient (Wildman–Crippen LogP) is 3.35. The van der Waals surface area contributed by atoms with Crippen molar-refractivity contribution in [3.63, 3.8) is 0 Å². The van der Waals surface area contributed by atoms with E-state index >= 15 is 0 Å². The molecule has 0 bridgehead atoms. The van der Waals surface area contributed by atoms with Crippen LogP contribution in [0.15, 0.2) is 77.6 Å². The van der Waals surface area contributed by atoms with Gasteiger partial charge in [-0.25, -0.2) is 5.10 Å². The molecule has 1 aliphatic heterocycles. The third-order valence-electron chi connectivity index (χ3n) is 5.03. The van der Waals surface area contributed by atoms with Crippen molar-refractivity contribution in [3.05, 3.63) is 94.3 Å². The van der Waals surface area contributed by atoms with E-state index in [1.54, 1.807) is 6.07 Å². The second-order valence-electron chi connectivity index (χ2n) is 6.94. The Labute approximate surface area is 164 Å². The quantitative estimate of drug-likeness (QED) is 0.746. The number of nitrogens with zero attached hydrogens (tertiary/aromatic N) is 3. The fourth-order valence-electron chi connectivity index (χ4n) is 3.45. The molecule has 1 aliphatic rings. The van der Waals surface area contributed by atoms with Gasteiger partial charge >= 0.3 is 0 Å². The summed E-state index contributed by atoms with van der Waals surface area (Å²) >= 11 is 0. The van der Waals surface area contributed by atoms with Crippen molar-refractivity contribution >= 4 is 17.6 Å². The van der Waals surface area contributed by atoms with Crippen LogP contribution in [-0.2, 0) is 6.42 Å². The van der Waals surface area contributed by atoms with Crippen molar-refractivity contribution in [2.24, 2.45) is 0 Å². The lowest BCUT2D eigenvalue weighted by Crippen LogP contribution is -2.47. The van der Waals surface area contributed by atoms with Crippen molar-refractivity contribution in [1.29, 1.82) is 0 Å². The third-order valence-corrected chi connectivity index (χ3v) is 5.03. The molecule has 1 aromatic heterocycles. The molecule has 4 rings (SSSR count). The SMILES string of the molecule is O=c1ccc(N2CCN(c3ccc(C/C=C/c4ccccc4)cc3)CC2)n[nH]1. The number of aromatic nitrogens is 2. The number of aromatic amines is 1. The maximum atomic E-state index is 11.2. The molecule has 0 amide bonds. The van der Waals surface area contributed by atoms with Crippen LogP contribution >= 0.6 is 0 Å². The van der Waals surface area contributed by atoms with Gasteiger partial charge < -0.3 is 9.80 Å². The fraction of sp³-hybridized carbons (Fsp3) is 0.217. The van der Waals surface area contributed by atoms with Crippen LogP contribution in [0.2, 0.25) is 0 Å². The lowest BCUT2D eigenvalue weighted by Gasteiger charge is -2.36. The van der Waals surface area contributed by atoms with Gasteiger partial charge in [0.2, 0.25) is 0 Å². The summed E-state index contributed by atoms with van der Waals surface area (Å²) in [6.45, 7) is 3.66. The Hall–Kier alpha value is -3.34. The molecule has 3 aromatic rings. The van der Waals surface area contributed by atoms with Crippen LogP contribution in [-0.4, -0.2) is 36.4 Å². The molecule has 1 fully saturated rings. The molecular weight excluding hydrogens is 348 g/mol. The molecule has 5 nitrogen and oxygen atoms in total. The van der Waals surface area contributed by atoms with Crippen LogP contribution in [0.25, 0.3) is 6.08 Å².